The van der Waals surface area contributed by atoms with Crippen LogP contribution in [0.2, 0.25) is 0 Å². The number of cyclic esters (lactones) is 1. The molecule has 4 fully saturated rings. The highest BCUT2D eigenvalue weighted by Gasteiger charge is 2.51. The van der Waals surface area contributed by atoms with Crippen LogP contribution in [0, 0.1) is 53.3 Å². The Morgan fingerprint density at radius 2 is 1.45 bits per heavy atom. The van der Waals surface area contributed by atoms with Gasteiger partial charge in [-0.05, 0) is 84.1 Å². The summed E-state index contributed by atoms with van der Waals surface area (Å²) in [6, 6.07) is 0.0679. The molecule has 1 unspecified atom stereocenters. The van der Waals surface area contributed by atoms with Gasteiger partial charge in [0, 0.05) is 63.8 Å². The van der Waals surface area contributed by atoms with Crippen molar-refractivity contribution in [1.82, 2.24) is 4.90 Å². The van der Waals surface area contributed by atoms with Crippen LogP contribution in [-0.2, 0) is 61.9 Å². The van der Waals surface area contributed by atoms with Crippen LogP contribution in [0.25, 0.3) is 0 Å². The van der Waals surface area contributed by atoms with Crippen molar-refractivity contribution in [3.63, 3.8) is 0 Å². The van der Waals surface area contributed by atoms with E-state index in [1.165, 1.54) is 21.1 Å². The Bertz CT molecular complexity index is 1750. The molecule has 0 radical (unpaired) electrons. The van der Waals surface area contributed by atoms with Gasteiger partial charge < -0.3 is 62.8 Å². The summed E-state index contributed by atoms with van der Waals surface area (Å²) in [6.45, 7) is 30.0. The van der Waals surface area contributed by atoms with Gasteiger partial charge in [0.2, 0.25) is 0 Å². The van der Waals surface area contributed by atoms with Crippen LogP contribution in [0.3, 0.4) is 0 Å². The zero-order valence-corrected chi connectivity index (χ0v) is 47.7. The van der Waals surface area contributed by atoms with Crippen LogP contribution in [-0.4, -0.2) is 176 Å². The van der Waals surface area contributed by atoms with Crippen LogP contribution < -0.4 is 0 Å². The number of rotatable bonds is 17. The van der Waals surface area contributed by atoms with Crippen LogP contribution in [0.1, 0.15) is 150 Å². The van der Waals surface area contributed by atoms with E-state index >= 15 is 4.79 Å². The molecule has 1 saturated carbocycles. The number of ether oxygens (including phenoxy) is 9. The van der Waals surface area contributed by atoms with E-state index < -0.39 is 132 Å². The third-order valence-corrected chi connectivity index (χ3v) is 15.9. The summed E-state index contributed by atoms with van der Waals surface area (Å²) in [4.78, 5) is 51.5. The number of carbonyl (C=O) groups is 3. The van der Waals surface area contributed by atoms with Gasteiger partial charge in [0.05, 0.1) is 60.8 Å². The number of oxime groups is 1. The van der Waals surface area contributed by atoms with Gasteiger partial charge in [-0.25, -0.2) is 0 Å². The molecule has 3 aliphatic heterocycles. The minimum absolute atomic E-state index is 0. The number of Topliss-reactive ketones (excluding diaryl/α,β-unsaturated/α-hetero) is 1. The largest absolute Gasteiger partial charge is 0.461 e. The highest BCUT2D eigenvalue weighted by atomic mass is 16.7. The smallest absolute Gasteiger partial charge is 0.311 e. The molecule has 0 amide bonds. The van der Waals surface area contributed by atoms with Crippen molar-refractivity contribution in [2.45, 2.75) is 241 Å². The van der Waals surface area contributed by atoms with Crippen LogP contribution in [0.4, 0.5) is 0 Å². The van der Waals surface area contributed by atoms with Crippen molar-refractivity contribution in [3.05, 3.63) is 0 Å². The van der Waals surface area contributed by atoms with Crippen molar-refractivity contribution in [3.8, 4) is 0 Å². The molecule has 4 rings (SSSR count). The zero-order chi connectivity index (χ0) is 54.8. The fourth-order valence-electron chi connectivity index (χ4n) is 11.8. The third-order valence-electron chi connectivity index (χ3n) is 15.9. The molecule has 0 spiro atoms. The normalized spacial score (nSPS) is 41.5. The Hall–Kier alpha value is -2.36. The summed E-state index contributed by atoms with van der Waals surface area (Å²) in [5.74, 6) is -6.23. The number of esters is 2. The predicted molar refractivity (Wildman–Crippen MR) is 281 cm³/mol. The van der Waals surface area contributed by atoms with Gasteiger partial charge in [0.15, 0.2) is 18.4 Å². The van der Waals surface area contributed by atoms with Gasteiger partial charge in [0.1, 0.15) is 43.2 Å². The third kappa shape index (κ3) is 17.3. The molecule has 0 aromatic carbocycles. The van der Waals surface area contributed by atoms with Crippen LogP contribution in [0.15, 0.2) is 5.16 Å². The molecule has 3 saturated heterocycles. The molecular weight excluding hydrogens is 957 g/mol. The average Bonchev–Trinajstić information content (AvgIpc) is 3.45. The van der Waals surface area contributed by atoms with Gasteiger partial charge in [0.25, 0.3) is 0 Å². The lowest BCUT2D eigenvalue weighted by Gasteiger charge is -2.44. The molecule has 18 nitrogen and oxygen atoms in total. The van der Waals surface area contributed by atoms with E-state index in [4.69, 9.17) is 47.5 Å². The van der Waals surface area contributed by atoms with E-state index in [9.17, 15) is 24.9 Å². The average molecular weight is 1060 g/mol. The SMILES string of the molecule is C.CO/N=C1\C[C@@H](C)O[C@@H](O[C@@H]2[C@@H](C)[C@H](O[C@H]3CC(C)N(CCC(C)C)C[C@H](C)O3)[C@@H](C)C(=O)O[C@H]([C@@H](C)CO[C@@H]3C[C@H](C)[C@@H](O)[C@@H](OC)[C@H]3OC)[C@H](C)[C@@H](OC(=O)CC(C)C)[C@@H](C)C(=O)[C@@](C)(O)C[C@@H]2C)[C@@H]1O. The Kier molecular flexibility index (Phi) is 26.3. The molecule has 0 aromatic rings. The molecule has 3 heterocycles. The quantitative estimate of drug-likeness (QED) is 0.0987. The molecular formula is C56H102N2O16. The molecule has 0 bridgehead atoms. The first kappa shape index (κ1) is 65.9. The second kappa shape index (κ2) is 29.6. The van der Waals surface area contributed by atoms with Crippen molar-refractivity contribution in [2.75, 3.05) is 41.0 Å². The van der Waals surface area contributed by atoms with Crippen LogP contribution >= 0.6 is 0 Å². The second-order valence-corrected chi connectivity index (χ2v) is 23.6. The molecule has 432 valence electrons. The zero-order valence-electron chi connectivity index (χ0n) is 47.7. The van der Waals surface area contributed by atoms with E-state index in [1.54, 1.807) is 27.9 Å². The lowest BCUT2D eigenvalue weighted by molar-refractivity contribution is -0.264. The first-order chi connectivity index (χ1) is 34.1. The van der Waals surface area contributed by atoms with Crippen molar-refractivity contribution in [2.24, 2.45) is 58.4 Å². The van der Waals surface area contributed by atoms with Crippen molar-refractivity contribution >= 4 is 23.4 Å². The van der Waals surface area contributed by atoms with Gasteiger partial charge in [-0.15, -0.1) is 0 Å². The molecule has 18 heteroatoms. The minimum Gasteiger partial charge on any atom is -0.461 e. The first-order valence-corrected chi connectivity index (χ1v) is 27.3. The molecule has 74 heavy (non-hydrogen) atoms. The molecule has 4 aliphatic rings. The number of nitrogens with zero attached hydrogens (tertiary/aromatic N) is 2. The van der Waals surface area contributed by atoms with Crippen LogP contribution in [0.5, 0.6) is 0 Å². The maximum Gasteiger partial charge on any atom is 0.311 e. The van der Waals surface area contributed by atoms with E-state index in [1.807, 2.05) is 55.4 Å². The van der Waals surface area contributed by atoms with E-state index in [-0.39, 0.29) is 50.9 Å². The summed E-state index contributed by atoms with van der Waals surface area (Å²) in [5.41, 5.74) is -1.67. The molecule has 0 aromatic heterocycles. The standard InChI is InChI=1S/C55H98N2O16.CH4/c1-28(2)19-20-57-26-35(10)68-43(23-33(57)8)71-49-36(11)46(73-54-45(60)40(56-66-18)24-34(9)69-54)31(6)25-55(15,63)52(61)38(13)48(70-42(58)21-29(3)4)37(12)47(72-53(62)39(49)14)32(7)27-67-41-22-30(5)44(59)51(65-17)50(41)64-16;/h28-39,41,43-51,54,59-60,63H,19-27H2,1-18H3;1H4/b56-40+;/t30-,31-,32-,33?,34+,35-,36+,37-,38+,39+,41+,43-,44+,45+,46-,47+,48+,49-,50-,51+,54-,55-;/m0./s1. The predicted octanol–water partition coefficient (Wildman–Crippen LogP) is 6.99. The van der Waals surface area contributed by atoms with Gasteiger partial charge >= 0.3 is 11.9 Å². The Balaban J connectivity index is 0.0000144. The number of aliphatic hydroxyl groups is 3. The summed E-state index contributed by atoms with van der Waals surface area (Å²) < 4.78 is 58.1. The topological polar surface area (TPSA) is 220 Å². The first-order valence-electron chi connectivity index (χ1n) is 27.3. The monoisotopic (exact) mass is 1060 g/mol. The highest BCUT2D eigenvalue weighted by Crippen LogP contribution is 2.40. The van der Waals surface area contributed by atoms with E-state index in [0.717, 1.165) is 13.0 Å². The fourth-order valence-corrected chi connectivity index (χ4v) is 11.8. The highest BCUT2D eigenvalue weighted by molar-refractivity contribution is 5.90. The van der Waals surface area contributed by atoms with Gasteiger partial charge in [-0.2, -0.15) is 0 Å². The summed E-state index contributed by atoms with van der Waals surface area (Å²) >= 11 is 0. The number of aliphatic hydroxyl groups excluding tert-OH is 2. The number of methoxy groups -OCH3 is 2. The number of ketones is 1. The van der Waals surface area contributed by atoms with E-state index in [2.05, 4.69) is 30.8 Å². The van der Waals surface area contributed by atoms with Crippen molar-refractivity contribution in [1.29, 1.82) is 0 Å². The van der Waals surface area contributed by atoms with E-state index in [0.29, 0.717) is 37.4 Å². The number of carbonyl (C=O) groups excluding carboxylic acids is 3. The van der Waals surface area contributed by atoms with Crippen molar-refractivity contribution < 1.29 is 77.2 Å². The molecule has 22 atom stereocenters. The number of hydrogen-bond acceptors (Lipinski definition) is 18. The maximum atomic E-state index is 15.3. The lowest BCUT2D eigenvalue weighted by atomic mass is 9.74. The summed E-state index contributed by atoms with van der Waals surface area (Å²) in [7, 11) is 4.46. The molecule has 3 N–H and O–H groups in total. The Labute approximate surface area is 444 Å². The maximum absolute atomic E-state index is 15.3. The summed E-state index contributed by atoms with van der Waals surface area (Å²) in [6.07, 6.45) is -8.36. The molecule has 1 aliphatic carbocycles. The minimum atomic E-state index is -2.00. The second-order valence-electron chi connectivity index (χ2n) is 23.6. The van der Waals surface area contributed by atoms with Gasteiger partial charge in [-0.3, -0.25) is 19.3 Å². The Morgan fingerprint density at radius 3 is 2.04 bits per heavy atom. The van der Waals surface area contributed by atoms with Gasteiger partial charge in [-0.1, -0.05) is 81.8 Å². The lowest BCUT2D eigenvalue weighted by Crippen LogP contribution is -2.56. The number of hydrogen-bond donors (Lipinski definition) is 3. The summed E-state index contributed by atoms with van der Waals surface area (Å²) in [5, 5.41) is 39.2. The fraction of sp³-hybridized carbons (Fsp3) is 0.929. The Morgan fingerprint density at radius 1 is 0.797 bits per heavy atom.